The van der Waals surface area contributed by atoms with Crippen molar-refractivity contribution in [2.24, 2.45) is 17.3 Å². The van der Waals surface area contributed by atoms with E-state index in [9.17, 15) is 10.1 Å². The van der Waals surface area contributed by atoms with E-state index in [4.69, 9.17) is 4.74 Å². The molecule has 0 heterocycles. The van der Waals surface area contributed by atoms with Gasteiger partial charge in [-0.3, -0.25) is 4.79 Å². The Balaban J connectivity index is 2.02. The monoisotopic (exact) mass is 359 g/mol. The fourth-order valence-electron chi connectivity index (χ4n) is 5.15. The maximum Gasteiger partial charge on any atom is 0.318 e. The van der Waals surface area contributed by atoms with Crippen LogP contribution < -0.4 is 0 Å². The average Bonchev–Trinajstić information content (AvgIpc) is 2.68. The first-order valence-corrected chi connectivity index (χ1v) is 11.0. The third-order valence-corrected chi connectivity index (χ3v) is 6.70. The molecule has 0 aromatic heterocycles. The molecular weight excluding hydrogens is 322 g/mol. The summed E-state index contributed by atoms with van der Waals surface area (Å²) < 4.78 is 5.60. The molecule has 146 valence electrons. The van der Waals surface area contributed by atoms with Crippen LogP contribution in [0.2, 0.25) is 0 Å². The number of unbranched alkanes of at least 4 members (excludes halogenated alkanes) is 2. The molecule has 0 bridgehead atoms. The Hall–Kier alpha value is -1.30. The van der Waals surface area contributed by atoms with Crippen LogP contribution in [-0.2, 0) is 9.53 Å². The second-order valence-electron chi connectivity index (χ2n) is 8.41. The molecule has 0 aliphatic heterocycles. The number of allylic oxidation sites excluding steroid dienone is 2. The predicted octanol–water partition coefficient (Wildman–Crippen LogP) is 6.68. The van der Waals surface area contributed by atoms with Crippen LogP contribution in [0, 0.1) is 28.6 Å². The van der Waals surface area contributed by atoms with Crippen LogP contribution in [0.4, 0.5) is 0 Å². The lowest BCUT2D eigenvalue weighted by Crippen LogP contribution is -2.43. The van der Waals surface area contributed by atoms with E-state index < -0.39 is 0 Å². The Bertz CT molecular complexity index is 503. The SMILES string of the molecule is CCC=C(C#N)OC(=O)C1(C2CCC(CCCCC)CC2)CCCCC1. The fourth-order valence-corrected chi connectivity index (χ4v) is 5.15. The van der Waals surface area contributed by atoms with Gasteiger partial charge in [-0.2, -0.15) is 5.26 Å². The van der Waals surface area contributed by atoms with Crippen molar-refractivity contribution >= 4 is 5.97 Å². The van der Waals surface area contributed by atoms with E-state index in [0.717, 1.165) is 44.4 Å². The van der Waals surface area contributed by atoms with Crippen molar-refractivity contribution in [1.82, 2.24) is 0 Å². The van der Waals surface area contributed by atoms with Crippen LogP contribution in [0.3, 0.4) is 0 Å². The number of hydrogen-bond acceptors (Lipinski definition) is 3. The lowest BCUT2D eigenvalue weighted by atomic mass is 9.60. The highest BCUT2D eigenvalue weighted by molar-refractivity contribution is 5.78. The zero-order chi connectivity index (χ0) is 18.8. The molecule has 0 aromatic carbocycles. The van der Waals surface area contributed by atoms with Gasteiger partial charge in [0.15, 0.2) is 0 Å². The van der Waals surface area contributed by atoms with E-state index in [0.29, 0.717) is 12.3 Å². The topological polar surface area (TPSA) is 50.1 Å². The van der Waals surface area contributed by atoms with Crippen molar-refractivity contribution in [2.75, 3.05) is 0 Å². The average molecular weight is 360 g/mol. The molecule has 0 spiro atoms. The Labute approximate surface area is 160 Å². The molecule has 0 aromatic rings. The molecule has 0 N–H and O–H groups in total. The second-order valence-corrected chi connectivity index (χ2v) is 8.41. The highest BCUT2D eigenvalue weighted by atomic mass is 16.5. The molecule has 0 saturated heterocycles. The largest absolute Gasteiger partial charge is 0.415 e. The van der Waals surface area contributed by atoms with Crippen LogP contribution in [0.25, 0.3) is 0 Å². The molecule has 0 atom stereocenters. The van der Waals surface area contributed by atoms with Gasteiger partial charge in [0.25, 0.3) is 0 Å². The summed E-state index contributed by atoms with van der Waals surface area (Å²) in [5.41, 5.74) is -0.337. The van der Waals surface area contributed by atoms with Gasteiger partial charge >= 0.3 is 5.97 Å². The molecule has 2 aliphatic carbocycles. The van der Waals surface area contributed by atoms with Crippen molar-refractivity contribution < 1.29 is 9.53 Å². The van der Waals surface area contributed by atoms with Crippen LogP contribution >= 0.6 is 0 Å². The van der Waals surface area contributed by atoms with Gasteiger partial charge in [0, 0.05) is 0 Å². The van der Waals surface area contributed by atoms with Gasteiger partial charge in [-0.25, -0.2) is 0 Å². The summed E-state index contributed by atoms with van der Waals surface area (Å²) in [6.45, 7) is 4.22. The van der Waals surface area contributed by atoms with Crippen molar-refractivity contribution in [3.05, 3.63) is 11.8 Å². The number of esters is 1. The van der Waals surface area contributed by atoms with Crippen molar-refractivity contribution in [2.45, 2.75) is 104 Å². The molecule has 3 nitrogen and oxygen atoms in total. The number of nitrogens with zero attached hydrogens (tertiary/aromatic N) is 1. The summed E-state index contributed by atoms with van der Waals surface area (Å²) in [6.07, 6.45) is 18.0. The van der Waals surface area contributed by atoms with Gasteiger partial charge in [-0.15, -0.1) is 0 Å². The quantitative estimate of drug-likeness (QED) is 0.210. The summed E-state index contributed by atoms with van der Waals surface area (Å²) in [4.78, 5) is 13.1. The molecule has 3 heteroatoms. The molecule has 2 rings (SSSR count). The number of rotatable bonds is 8. The minimum atomic E-state index is -0.337. The Morgan fingerprint density at radius 1 is 1.12 bits per heavy atom. The van der Waals surface area contributed by atoms with Crippen molar-refractivity contribution in [1.29, 1.82) is 5.26 Å². The minimum absolute atomic E-state index is 0.118. The maximum atomic E-state index is 13.1. The summed E-state index contributed by atoms with van der Waals surface area (Å²) in [5.74, 6) is 1.37. The standard InChI is InChI=1S/C23H37NO2/c1-3-5-7-11-19-12-14-20(15-13-19)23(16-8-6-9-17-23)22(25)26-21(18-24)10-4-2/h10,19-20H,3-9,11-17H2,1-2H3. The number of ether oxygens (including phenoxy) is 1. The van der Waals surface area contributed by atoms with E-state index >= 15 is 0 Å². The van der Waals surface area contributed by atoms with Crippen LogP contribution in [0.1, 0.15) is 104 Å². The molecule has 2 fully saturated rings. The number of carbonyl (C=O) groups excluding carboxylic acids is 1. The van der Waals surface area contributed by atoms with E-state index in [1.54, 1.807) is 6.08 Å². The lowest BCUT2D eigenvalue weighted by molar-refractivity contribution is -0.159. The predicted molar refractivity (Wildman–Crippen MR) is 105 cm³/mol. The van der Waals surface area contributed by atoms with Crippen LogP contribution in [-0.4, -0.2) is 5.97 Å². The summed E-state index contributed by atoms with van der Waals surface area (Å²) in [7, 11) is 0. The molecular formula is C23H37NO2. The highest BCUT2D eigenvalue weighted by Gasteiger charge is 2.48. The van der Waals surface area contributed by atoms with Gasteiger partial charge in [-0.05, 0) is 50.0 Å². The van der Waals surface area contributed by atoms with E-state index in [2.05, 4.69) is 6.92 Å². The van der Waals surface area contributed by atoms with Crippen molar-refractivity contribution in [3.8, 4) is 6.07 Å². The molecule has 0 radical (unpaired) electrons. The number of hydrogen-bond donors (Lipinski definition) is 0. The zero-order valence-corrected chi connectivity index (χ0v) is 16.9. The lowest BCUT2D eigenvalue weighted by Gasteiger charge is -2.44. The summed E-state index contributed by atoms with van der Waals surface area (Å²) in [6, 6.07) is 2.05. The smallest absolute Gasteiger partial charge is 0.318 e. The first-order chi connectivity index (χ1) is 12.7. The molecule has 0 amide bonds. The molecule has 0 unspecified atom stereocenters. The summed E-state index contributed by atoms with van der Waals surface area (Å²) >= 11 is 0. The molecule has 2 saturated carbocycles. The first kappa shape index (κ1) is 21.0. The fraction of sp³-hybridized carbons (Fsp3) is 0.826. The molecule has 26 heavy (non-hydrogen) atoms. The van der Waals surface area contributed by atoms with Crippen molar-refractivity contribution in [3.63, 3.8) is 0 Å². The first-order valence-electron chi connectivity index (χ1n) is 11.0. The number of carbonyl (C=O) groups is 1. The van der Waals surface area contributed by atoms with E-state index in [1.807, 2.05) is 13.0 Å². The summed E-state index contributed by atoms with van der Waals surface area (Å²) in [5, 5.41) is 9.24. The van der Waals surface area contributed by atoms with Gasteiger partial charge in [-0.1, -0.05) is 71.6 Å². The van der Waals surface area contributed by atoms with Crippen LogP contribution in [0.5, 0.6) is 0 Å². The Morgan fingerprint density at radius 3 is 2.38 bits per heavy atom. The highest BCUT2D eigenvalue weighted by Crippen LogP contribution is 2.50. The Morgan fingerprint density at radius 2 is 1.81 bits per heavy atom. The van der Waals surface area contributed by atoms with Gasteiger partial charge < -0.3 is 4.74 Å². The van der Waals surface area contributed by atoms with Gasteiger partial charge in [0.1, 0.15) is 6.07 Å². The maximum absolute atomic E-state index is 13.1. The third-order valence-electron chi connectivity index (χ3n) is 6.70. The third kappa shape index (κ3) is 5.35. The number of nitriles is 1. The zero-order valence-electron chi connectivity index (χ0n) is 16.9. The second kappa shape index (κ2) is 10.8. The Kier molecular flexibility index (Phi) is 8.69. The van der Waals surface area contributed by atoms with Gasteiger partial charge in [0.05, 0.1) is 5.41 Å². The van der Waals surface area contributed by atoms with E-state index in [-0.39, 0.29) is 17.1 Å². The van der Waals surface area contributed by atoms with Gasteiger partial charge in [0.2, 0.25) is 5.76 Å². The molecule has 2 aliphatic rings. The minimum Gasteiger partial charge on any atom is -0.415 e. The normalized spacial score (nSPS) is 26.1. The van der Waals surface area contributed by atoms with Crippen LogP contribution in [0.15, 0.2) is 11.8 Å². The van der Waals surface area contributed by atoms with E-state index in [1.165, 1.54) is 44.9 Å².